The van der Waals surface area contributed by atoms with E-state index in [2.05, 4.69) is 20.1 Å². The highest BCUT2D eigenvalue weighted by molar-refractivity contribution is 6.31. The maximum atomic E-state index is 12.8. The number of hydrogen-bond donors (Lipinski definition) is 2. The maximum absolute atomic E-state index is 12.8. The van der Waals surface area contributed by atoms with Gasteiger partial charge in [-0.1, -0.05) is 23.2 Å². The molecule has 0 atom stereocenters. The molecule has 162 valence electrons. The van der Waals surface area contributed by atoms with Gasteiger partial charge in [-0.05, 0) is 42.5 Å². The zero-order valence-corrected chi connectivity index (χ0v) is 18.5. The highest BCUT2D eigenvalue weighted by Crippen LogP contribution is 2.30. The minimum atomic E-state index is -0.556. The van der Waals surface area contributed by atoms with Crippen LogP contribution in [0.4, 0.5) is 11.4 Å². The SMILES string of the molecule is COC(=O)c1[nH]c2ccc(Cl)cc2c1NC(=O)CN1CCN(c2ccc(Cl)cc2)CC1. The molecule has 0 bridgehead atoms. The van der Waals surface area contributed by atoms with Crippen LogP contribution in [0, 0.1) is 0 Å². The summed E-state index contributed by atoms with van der Waals surface area (Å²) in [5, 5.41) is 4.76. The first kappa shape index (κ1) is 21.5. The van der Waals surface area contributed by atoms with Gasteiger partial charge in [-0.25, -0.2) is 4.79 Å². The van der Waals surface area contributed by atoms with Crippen LogP contribution in [0.3, 0.4) is 0 Å². The first-order chi connectivity index (χ1) is 14.9. The smallest absolute Gasteiger partial charge is 0.356 e. The van der Waals surface area contributed by atoms with Gasteiger partial charge in [-0.15, -0.1) is 0 Å². The van der Waals surface area contributed by atoms with Crippen molar-refractivity contribution >= 4 is 57.4 Å². The molecule has 2 N–H and O–H groups in total. The number of methoxy groups -OCH3 is 1. The van der Waals surface area contributed by atoms with Crippen molar-refractivity contribution < 1.29 is 14.3 Å². The third-order valence-corrected chi connectivity index (χ3v) is 5.83. The third-order valence-electron chi connectivity index (χ3n) is 5.35. The Labute approximate surface area is 189 Å². The Bertz CT molecular complexity index is 1110. The number of rotatable bonds is 5. The van der Waals surface area contributed by atoms with E-state index < -0.39 is 5.97 Å². The third kappa shape index (κ3) is 4.79. The molecule has 9 heteroatoms. The van der Waals surface area contributed by atoms with Gasteiger partial charge in [0.15, 0.2) is 0 Å². The summed E-state index contributed by atoms with van der Waals surface area (Å²) in [5.74, 6) is -0.759. The maximum Gasteiger partial charge on any atom is 0.356 e. The average molecular weight is 461 g/mol. The van der Waals surface area contributed by atoms with Gasteiger partial charge in [0.25, 0.3) is 0 Å². The summed E-state index contributed by atoms with van der Waals surface area (Å²) in [7, 11) is 1.30. The Morgan fingerprint density at radius 1 is 1.03 bits per heavy atom. The van der Waals surface area contributed by atoms with Gasteiger partial charge in [0.05, 0.1) is 19.3 Å². The number of halogens is 2. The summed E-state index contributed by atoms with van der Waals surface area (Å²) in [6.07, 6.45) is 0. The summed E-state index contributed by atoms with van der Waals surface area (Å²) in [5.41, 5.74) is 2.39. The number of anilines is 2. The van der Waals surface area contributed by atoms with Crippen molar-refractivity contribution in [2.75, 3.05) is 50.1 Å². The summed E-state index contributed by atoms with van der Waals surface area (Å²) in [6.45, 7) is 3.34. The summed E-state index contributed by atoms with van der Waals surface area (Å²) >= 11 is 12.1. The van der Waals surface area contributed by atoms with E-state index in [0.717, 1.165) is 31.9 Å². The van der Waals surface area contributed by atoms with Gasteiger partial charge < -0.3 is 19.9 Å². The van der Waals surface area contributed by atoms with Crippen LogP contribution >= 0.6 is 23.2 Å². The van der Waals surface area contributed by atoms with Gasteiger partial charge in [0.2, 0.25) is 5.91 Å². The quantitative estimate of drug-likeness (QED) is 0.562. The molecule has 7 nitrogen and oxygen atoms in total. The molecule has 0 radical (unpaired) electrons. The van der Waals surface area contributed by atoms with Crippen molar-refractivity contribution in [2.45, 2.75) is 0 Å². The van der Waals surface area contributed by atoms with Crippen LogP contribution in [0.2, 0.25) is 10.0 Å². The van der Waals surface area contributed by atoms with Crippen LogP contribution < -0.4 is 10.2 Å². The second kappa shape index (κ2) is 9.18. The second-order valence-corrected chi connectivity index (χ2v) is 8.22. The lowest BCUT2D eigenvalue weighted by Crippen LogP contribution is -2.48. The molecule has 1 aliphatic rings. The number of aromatic amines is 1. The molecule has 31 heavy (non-hydrogen) atoms. The number of nitrogens with zero attached hydrogens (tertiary/aromatic N) is 2. The highest BCUT2D eigenvalue weighted by Gasteiger charge is 2.23. The zero-order chi connectivity index (χ0) is 22.0. The number of H-pyrrole nitrogens is 1. The number of carbonyl (C=O) groups is 2. The molecule has 1 aromatic heterocycles. The van der Waals surface area contributed by atoms with E-state index in [-0.39, 0.29) is 18.1 Å². The molecule has 1 aliphatic heterocycles. The van der Waals surface area contributed by atoms with Crippen molar-refractivity contribution in [1.82, 2.24) is 9.88 Å². The lowest BCUT2D eigenvalue weighted by molar-refractivity contribution is -0.117. The number of aromatic nitrogens is 1. The largest absolute Gasteiger partial charge is 0.464 e. The van der Waals surface area contributed by atoms with E-state index in [9.17, 15) is 9.59 Å². The zero-order valence-electron chi connectivity index (χ0n) is 17.0. The van der Waals surface area contributed by atoms with Gasteiger partial charge in [-0.3, -0.25) is 9.69 Å². The van der Waals surface area contributed by atoms with E-state index >= 15 is 0 Å². The number of carbonyl (C=O) groups excluding carboxylic acids is 2. The Morgan fingerprint density at radius 2 is 1.71 bits per heavy atom. The molecule has 4 rings (SSSR count). The molecule has 0 aliphatic carbocycles. The number of esters is 1. The first-order valence-electron chi connectivity index (χ1n) is 9.87. The number of piperazine rings is 1. The summed E-state index contributed by atoms with van der Waals surface area (Å²) in [4.78, 5) is 32.3. The van der Waals surface area contributed by atoms with Crippen LogP contribution in [0.25, 0.3) is 10.9 Å². The number of ether oxygens (including phenoxy) is 1. The fourth-order valence-corrected chi connectivity index (χ4v) is 4.05. The molecular formula is C22H22Cl2N4O3. The Hall–Kier alpha value is -2.74. The van der Waals surface area contributed by atoms with E-state index in [1.165, 1.54) is 7.11 Å². The summed E-state index contributed by atoms with van der Waals surface area (Å²) in [6, 6.07) is 12.9. The molecule has 0 saturated carbocycles. The fraction of sp³-hybridized carbons (Fsp3) is 0.273. The van der Waals surface area contributed by atoms with Crippen molar-refractivity contribution in [3.05, 3.63) is 58.2 Å². The monoisotopic (exact) mass is 460 g/mol. The van der Waals surface area contributed by atoms with Gasteiger partial charge >= 0.3 is 5.97 Å². The Kier molecular flexibility index (Phi) is 6.36. The van der Waals surface area contributed by atoms with Crippen LogP contribution in [0.15, 0.2) is 42.5 Å². The number of nitrogens with one attached hydrogen (secondary N) is 2. The highest BCUT2D eigenvalue weighted by atomic mass is 35.5. The van der Waals surface area contributed by atoms with Gasteiger partial charge in [0.1, 0.15) is 5.69 Å². The van der Waals surface area contributed by atoms with Gasteiger partial charge in [0, 0.05) is 52.8 Å². The molecule has 2 heterocycles. The molecule has 0 spiro atoms. The predicted octanol–water partition coefficient (Wildman–Crippen LogP) is 4.02. The normalized spacial score (nSPS) is 14.6. The topological polar surface area (TPSA) is 77.7 Å². The van der Waals surface area contributed by atoms with Crippen molar-refractivity contribution in [3.63, 3.8) is 0 Å². The molecule has 1 saturated heterocycles. The first-order valence-corrected chi connectivity index (χ1v) is 10.6. The molecule has 3 aromatic rings. The van der Waals surface area contributed by atoms with Crippen molar-refractivity contribution in [2.24, 2.45) is 0 Å². The van der Waals surface area contributed by atoms with Crippen LogP contribution in [0.5, 0.6) is 0 Å². The van der Waals surface area contributed by atoms with E-state index in [0.29, 0.717) is 26.6 Å². The van der Waals surface area contributed by atoms with E-state index in [1.54, 1.807) is 18.2 Å². The van der Waals surface area contributed by atoms with Gasteiger partial charge in [-0.2, -0.15) is 0 Å². The van der Waals surface area contributed by atoms with Crippen LogP contribution in [-0.4, -0.2) is 61.6 Å². The number of amides is 1. The minimum Gasteiger partial charge on any atom is -0.464 e. The lowest BCUT2D eigenvalue weighted by Gasteiger charge is -2.35. The Balaban J connectivity index is 1.42. The van der Waals surface area contributed by atoms with Crippen LogP contribution in [0.1, 0.15) is 10.5 Å². The minimum absolute atomic E-state index is 0.195. The number of fused-ring (bicyclic) bond motifs is 1. The molecule has 2 aromatic carbocycles. The molecule has 1 amide bonds. The number of benzene rings is 2. The lowest BCUT2D eigenvalue weighted by atomic mass is 10.2. The van der Waals surface area contributed by atoms with E-state index in [1.807, 2.05) is 24.3 Å². The van der Waals surface area contributed by atoms with Crippen LogP contribution in [-0.2, 0) is 9.53 Å². The fourth-order valence-electron chi connectivity index (χ4n) is 3.75. The number of hydrogen-bond acceptors (Lipinski definition) is 5. The standard InChI is InChI=1S/C22H22Cl2N4O3/c1-31-22(30)21-20(17-12-15(24)4-7-18(17)25-21)26-19(29)13-27-8-10-28(11-9-27)16-5-2-14(23)3-6-16/h2-7,12,25H,8-11,13H2,1H3,(H,26,29). The molecule has 1 fully saturated rings. The second-order valence-electron chi connectivity index (χ2n) is 7.34. The van der Waals surface area contributed by atoms with E-state index in [4.69, 9.17) is 27.9 Å². The summed E-state index contributed by atoms with van der Waals surface area (Å²) < 4.78 is 4.85. The Morgan fingerprint density at radius 3 is 2.39 bits per heavy atom. The molecular weight excluding hydrogens is 439 g/mol. The predicted molar refractivity (Wildman–Crippen MR) is 123 cm³/mol. The van der Waals surface area contributed by atoms with Crippen molar-refractivity contribution in [1.29, 1.82) is 0 Å². The average Bonchev–Trinajstić information content (AvgIpc) is 3.11. The van der Waals surface area contributed by atoms with Crippen molar-refractivity contribution in [3.8, 4) is 0 Å². The molecule has 0 unspecified atom stereocenters.